The van der Waals surface area contributed by atoms with E-state index < -0.39 is 0 Å². The topological polar surface area (TPSA) is 49.3 Å². The van der Waals surface area contributed by atoms with Crippen molar-refractivity contribution in [2.45, 2.75) is 26.3 Å². The second-order valence-electron chi connectivity index (χ2n) is 3.51. The lowest BCUT2D eigenvalue weighted by atomic mass is 10.2. The third-order valence-electron chi connectivity index (χ3n) is 1.96. The third kappa shape index (κ3) is 3.51. The minimum Gasteiger partial charge on any atom is -0.359 e. The Morgan fingerprint density at radius 1 is 1.60 bits per heavy atom. The molecule has 0 aromatic carbocycles. The highest BCUT2D eigenvalue weighted by Gasteiger charge is 2.05. The third-order valence-corrected chi connectivity index (χ3v) is 3.15. The fourth-order valence-corrected chi connectivity index (χ4v) is 1.96. The summed E-state index contributed by atoms with van der Waals surface area (Å²) in [5.41, 5.74) is 1.07. The van der Waals surface area contributed by atoms with Crippen molar-refractivity contribution in [2.75, 3.05) is 14.1 Å². The molecule has 0 aliphatic rings. The maximum Gasteiger partial charge on any atom is 0.191 e. The maximum atomic E-state index is 4.52. The highest BCUT2D eigenvalue weighted by atomic mass is 32.1. The summed E-state index contributed by atoms with van der Waals surface area (Å²) < 4.78 is 0. The number of aliphatic imine (C=N–C) groups is 1. The zero-order valence-corrected chi connectivity index (χ0v) is 10.5. The van der Waals surface area contributed by atoms with Crippen LogP contribution in [-0.2, 0) is 6.54 Å². The number of nitrogens with one attached hydrogen (secondary N) is 2. The van der Waals surface area contributed by atoms with E-state index in [1.807, 2.05) is 7.05 Å². The van der Waals surface area contributed by atoms with Crippen LogP contribution >= 0.6 is 11.3 Å². The SMILES string of the molecule is CN=C(NC)NCc1csc(C(C)C)n1. The van der Waals surface area contributed by atoms with Crippen molar-refractivity contribution in [3.8, 4) is 0 Å². The first-order chi connectivity index (χ1) is 7.17. The summed E-state index contributed by atoms with van der Waals surface area (Å²) in [4.78, 5) is 8.56. The summed E-state index contributed by atoms with van der Waals surface area (Å²) in [5, 5.41) is 9.41. The molecule has 0 unspecified atom stereocenters. The van der Waals surface area contributed by atoms with Crippen LogP contribution in [0.5, 0.6) is 0 Å². The summed E-state index contributed by atoms with van der Waals surface area (Å²) in [6.45, 7) is 5.03. The van der Waals surface area contributed by atoms with Crippen molar-refractivity contribution in [1.82, 2.24) is 15.6 Å². The zero-order valence-electron chi connectivity index (χ0n) is 9.66. The minimum absolute atomic E-state index is 0.507. The molecule has 0 bridgehead atoms. The number of rotatable bonds is 3. The molecule has 0 saturated carbocycles. The van der Waals surface area contributed by atoms with Gasteiger partial charge in [-0.05, 0) is 0 Å². The van der Waals surface area contributed by atoms with E-state index in [1.165, 1.54) is 5.01 Å². The van der Waals surface area contributed by atoms with E-state index in [1.54, 1.807) is 18.4 Å². The number of guanidine groups is 1. The maximum absolute atomic E-state index is 4.52. The molecule has 0 aliphatic heterocycles. The number of thiazole rings is 1. The molecule has 2 N–H and O–H groups in total. The van der Waals surface area contributed by atoms with E-state index in [0.29, 0.717) is 5.92 Å². The number of hydrogen-bond donors (Lipinski definition) is 2. The first-order valence-corrected chi connectivity index (χ1v) is 5.88. The number of hydrogen-bond acceptors (Lipinski definition) is 3. The quantitative estimate of drug-likeness (QED) is 0.607. The van der Waals surface area contributed by atoms with Crippen LogP contribution in [0.2, 0.25) is 0 Å². The molecule has 0 amide bonds. The molecule has 0 radical (unpaired) electrons. The van der Waals surface area contributed by atoms with E-state index in [0.717, 1.165) is 18.2 Å². The Morgan fingerprint density at radius 2 is 2.33 bits per heavy atom. The van der Waals surface area contributed by atoms with E-state index in [2.05, 4.69) is 39.8 Å². The molecule has 1 rings (SSSR count). The molecular formula is C10H18N4S. The second kappa shape index (κ2) is 5.70. The Hall–Kier alpha value is -1.10. The summed E-state index contributed by atoms with van der Waals surface area (Å²) in [6.07, 6.45) is 0. The van der Waals surface area contributed by atoms with Gasteiger partial charge >= 0.3 is 0 Å². The normalized spacial score (nSPS) is 11.9. The molecule has 0 spiro atoms. The van der Waals surface area contributed by atoms with Gasteiger partial charge in [0, 0.05) is 25.4 Å². The van der Waals surface area contributed by atoms with Gasteiger partial charge in [0.15, 0.2) is 5.96 Å². The molecule has 1 aromatic heterocycles. The van der Waals surface area contributed by atoms with Crippen LogP contribution in [0.15, 0.2) is 10.4 Å². The van der Waals surface area contributed by atoms with Crippen molar-refractivity contribution in [1.29, 1.82) is 0 Å². The predicted octanol–water partition coefficient (Wildman–Crippen LogP) is 1.56. The Kier molecular flexibility index (Phi) is 4.55. The van der Waals surface area contributed by atoms with E-state index in [4.69, 9.17) is 0 Å². The molecular weight excluding hydrogens is 208 g/mol. The van der Waals surface area contributed by atoms with Gasteiger partial charge in [0.25, 0.3) is 0 Å². The van der Waals surface area contributed by atoms with Crippen LogP contribution < -0.4 is 10.6 Å². The Bertz CT molecular complexity index is 330. The molecule has 0 atom stereocenters. The van der Waals surface area contributed by atoms with Crippen molar-refractivity contribution < 1.29 is 0 Å². The lowest BCUT2D eigenvalue weighted by Crippen LogP contribution is -2.34. The zero-order chi connectivity index (χ0) is 11.3. The summed E-state index contributed by atoms with van der Waals surface area (Å²) in [7, 11) is 3.59. The van der Waals surface area contributed by atoms with Gasteiger partial charge in [0.1, 0.15) is 0 Å². The molecule has 15 heavy (non-hydrogen) atoms. The van der Waals surface area contributed by atoms with Crippen molar-refractivity contribution in [2.24, 2.45) is 4.99 Å². The average Bonchev–Trinajstić information content (AvgIpc) is 2.68. The average molecular weight is 226 g/mol. The Balaban J connectivity index is 2.51. The molecule has 5 heteroatoms. The standard InChI is InChI=1S/C10H18N4S/c1-7(2)9-14-8(6-15-9)5-13-10(11-3)12-4/h6-7H,5H2,1-4H3,(H2,11,12,13). The van der Waals surface area contributed by atoms with Gasteiger partial charge in [-0.3, -0.25) is 4.99 Å². The molecule has 0 aliphatic carbocycles. The molecule has 1 heterocycles. The van der Waals surface area contributed by atoms with Gasteiger partial charge in [-0.1, -0.05) is 13.8 Å². The monoisotopic (exact) mass is 226 g/mol. The smallest absolute Gasteiger partial charge is 0.191 e. The van der Waals surface area contributed by atoms with Crippen LogP contribution in [0.1, 0.15) is 30.5 Å². The van der Waals surface area contributed by atoms with Crippen molar-refractivity contribution in [3.05, 3.63) is 16.1 Å². The van der Waals surface area contributed by atoms with Gasteiger partial charge in [-0.25, -0.2) is 4.98 Å². The van der Waals surface area contributed by atoms with Gasteiger partial charge < -0.3 is 10.6 Å². The fraction of sp³-hybridized carbons (Fsp3) is 0.600. The van der Waals surface area contributed by atoms with Crippen LogP contribution in [0.4, 0.5) is 0 Å². The number of aromatic nitrogens is 1. The van der Waals surface area contributed by atoms with Crippen molar-refractivity contribution >= 4 is 17.3 Å². The van der Waals surface area contributed by atoms with Crippen LogP contribution in [0.25, 0.3) is 0 Å². The lowest BCUT2D eigenvalue weighted by Gasteiger charge is -2.06. The van der Waals surface area contributed by atoms with Crippen LogP contribution in [0.3, 0.4) is 0 Å². The minimum atomic E-state index is 0.507. The number of nitrogens with zero attached hydrogens (tertiary/aromatic N) is 2. The Labute approximate surface area is 94.8 Å². The van der Waals surface area contributed by atoms with E-state index in [9.17, 15) is 0 Å². The first kappa shape index (κ1) is 12.0. The molecule has 4 nitrogen and oxygen atoms in total. The van der Waals surface area contributed by atoms with Gasteiger partial charge in [0.2, 0.25) is 0 Å². The largest absolute Gasteiger partial charge is 0.359 e. The molecule has 84 valence electrons. The Morgan fingerprint density at radius 3 is 2.80 bits per heavy atom. The second-order valence-corrected chi connectivity index (χ2v) is 4.40. The molecule has 0 saturated heterocycles. The predicted molar refractivity (Wildman–Crippen MR) is 65.5 cm³/mol. The highest BCUT2D eigenvalue weighted by molar-refractivity contribution is 7.09. The van der Waals surface area contributed by atoms with Crippen LogP contribution in [0, 0.1) is 0 Å². The highest BCUT2D eigenvalue weighted by Crippen LogP contribution is 2.18. The van der Waals surface area contributed by atoms with Crippen molar-refractivity contribution in [3.63, 3.8) is 0 Å². The molecule has 1 aromatic rings. The van der Waals surface area contributed by atoms with Gasteiger partial charge in [-0.15, -0.1) is 11.3 Å². The fourth-order valence-electron chi connectivity index (χ4n) is 1.12. The summed E-state index contributed by atoms with van der Waals surface area (Å²) >= 11 is 1.71. The van der Waals surface area contributed by atoms with Gasteiger partial charge in [-0.2, -0.15) is 0 Å². The first-order valence-electron chi connectivity index (χ1n) is 5.00. The van der Waals surface area contributed by atoms with Crippen LogP contribution in [-0.4, -0.2) is 25.0 Å². The lowest BCUT2D eigenvalue weighted by molar-refractivity contribution is 0.806. The van der Waals surface area contributed by atoms with Gasteiger partial charge in [0.05, 0.1) is 17.2 Å². The summed E-state index contributed by atoms with van der Waals surface area (Å²) in [5.74, 6) is 1.29. The van der Waals surface area contributed by atoms with E-state index in [-0.39, 0.29) is 0 Å². The molecule has 0 fully saturated rings. The van der Waals surface area contributed by atoms with E-state index >= 15 is 0 Å². The summed E-state index contributed by atoms with van der Waals surface area (Å²) in [6, 6.07) is 0.